The van der Waals surface area contributed by atoms with Gasteiger partial charge in [0.2, 0.25) is 0 Å². The van der Waals surface area contributed by atoms with E-state index in [1.807, 2.05) is 0 Å². The molecule has 0 saturated heterocycles. The molecule has 0 N–H and O–H groups in total. The predicted octanol–water partition coefficient (Wildman–Crippen LogP) is 3.40. The molecule has 64 valence electrons. The highest BCUT2D eigenvalue weighted by Crippen LogP contribution is 2.27. The highest BCUT2D eigenvalue weighted by Gasteiger charge is 2.09. The van der Waals surface area contributed by atoms with Gasteiger partial charge in [-0.15, -0.1) is 0 Å². The summed E-state index contributed by atoms with van der Waals surface area (Å²) < 4.78 is 12.7. The van der Waals surface area contributed by atoms with Crippen molar-refractivity contribution in [3.63, 3.8) is 0 Å². The minimum Gasteiger partial charge on any atom is -0.205 e. The van der Waals surface area contributed by atoms with Crippen molar-refractivity contribution in [2.24, 2.45) is 5.18 Å². The molecule has 0 aliphatic carbocycles. The number of hydrogen-bond acceptors (Lipinski definition) is 2. The Morgan fingerprint density at radius 1 is 1.42 bits per heavy atom. The standard InChI is InChI=1S/C7H4Cl2FNO/c8-5-1-2-6(10)7(9)4(5)3-11-12/h1-2H,3H2. The summed E-state index contributed by atoms with van der Waals surface area (Å²) >= 11 is 11.1. The molecule has 0 bridgehead atoms. The second-order valence-corrected chi connectivity index (χ2v) is 2.89. The maximum Gasteiger partial charge on any atom is 0.142 e. The van der Waals surface area contributed by atoms with Crippen molar-refractivity contribution in [2.75, 3.05) is 0 Å². The van der Waals surface area contributed by atoms with Gasteiger partial charge in [0.1, 0.15) is 12.4 Å². The fourth-order valence-electron chi connectivity index (χ4n) is 0.779. The van der Waals surface area contributed by atoms with E-state index in [9.17, 15) is 9.30 Å². The van der Waals surface area contributed by atoms with Gasteiger partial charge in [-0.3, -0.25) is 0 Å². The Morgan fingerprint density at radius 2 is 2.08 bits per heavy atom. The minimum atomic E-state index is -0.597. The molecule has 0 amide bonds. The van der Waals surface area contributed by atoms with Crippen LogP contribution in [0.3, 0.4) is 0 Å². The van der Waals surface area contributed by atoms with Gasteiger partial charge < -0.3 is 0 Å². The van der Waals surface area contributed by atoms with E-state index in [0.29, 0.717) is 0 Å². The summed E-state index contributed by atoms with van der Waals surface area (Å²) in [6, 6.07) is 2.47. The Bertz CT molecular complexity index is 317. The summed E-state index contributed by atoms with van der Waals surface area (Å²) in [5.74, 6) is -0.597. The number of nitroso groups, excluding NO2 is 1. The zero-order valence-electron chi connectivity index (χ0n) is 5.85. The van der Waals surface area contributed by atoms with Crippen LogP contribution in [0.2, 0.25) is 10.0 Å². The van der Waals surface area contributed by atoms with Gasteiger partial charge in [0, 0.05) is 10.6 Å². The highest BCUT2D eigenvalue weighted by atomic mass is 35.5. The van der Waals surface area contributed by atoms with E-state index in [1.54, 1.807) is 0 Å². The van der Waals surface area contributed by atoms with Gasteiger partial charge >= 0.3 is 0 Å². The van der Waals surface area contributed by atoms with Crippen LogP contribution < -0.4 is 0 Å². The van der Waals surface area contributed by atoms with Crippen molar-refractivity contribution in [3.8, 4) is 0 Å². The molecule has 12 heavy (non-hydrogen) atoms. The number of benzene rings is 1. The van der Waals surface area contributed by atoms with E-state index >= 15 is 0 Å². The van der Waals surface area contributed by atoms with Crippen molar-refractivity contribution < 1.29 is 4.39 Å². The van der Waals surface area contributed by atoms with E-state index in [0.717, 1.165) is 6.07 Å². The number of rotatable bonds is 2. The third-order valence-electron chi connectivity index (χ3n) is 1.36. The first-order valence-electron chi connectivity index (χ1n) is 3.08. The Labute approximate surface area is 78.3 Å². The lowest BCUT2D eigenvalue weighted by Crippen LogP contribution is -1.88. The fraction of sp³-hybridized carbons (Fsp3) is 0.143. The van der Waals surface area contributed by atoms with E-state index < -0.39 is 5.82 Å². The summed E-state index contributed by atoms with van der Waals surface area (Å²) in [5, 5.41) is 2.70. The molecule has 1 aromatic rings. The van der Waals surface area contributed by atoms with Crippen LogP contribution in [0.15, 0.2) is 17.3 Å². The third-order valence-corrected chi connectivity index (χ3v) is 2.12. The quantitative estimate of drug-likeness (QED) is 0.540. The molecular formula is C7H4Cl2FNO. The monoisotopic (exact) mass is 207 g/mol. The lowest BCUT2D eigenvalue weighted by molar-refractivity contribution is 0.626. The SMILES string of the molecule is O=NCc1c(Cl)ccc(F)c1Cl. The molecule has 0 aromatic heterocycles. The van der Waals surface area contributed by atoms with Crippen LogP contribution in [-0.2, 0) is 6.54 Å². The maximum absolute atomic E-state index is 12.7. The smallest absolute Gasteiger partial charge is 0.142 e. The molecule has 0 atom stereocenters. The number of nitrogens with zero attached hydrogens (tertiary/aromatic N) is 1. The summed E-state index contributed by atoms with van der Waals surface area (Å²) in [6.07, 6.45) is 0. The van der Waals surface area contributed by atoms with Crippen molar-refractivity contribution in [1.29, 1.82) is 0 Å². The Kier molecular flexibility index (Phi) is 3.00. The molecule has 0 spiro atoms. The van der Waals surface area contributed by atoms with Crippen LogP contribution in [0.5, 0.6) is 0 Å². The van der Waals surface area contributed by atoms with Crippen molar-refractivity contribution >= 4 is 23.2 Å². The molecule has 0 unspecified atom stereocenters. The molecule has 5 heteroatoms. The third kappa shape index (κ3) is 1.73. The molecular weight excluding hydrogens is 204 g/mol. The van der Waals surface area contributed by atoms with Crippen molar-refractivity contribution in [1.82, 2.24) is 0 Å². The van der Waals surface area contributed by atoms with Gasteiger partial charge in [0.25, 0.3) is 0 Å². The zero-order chi connectivity index (χ0) is 9.14. The topological polar surface area (TPSA) is 29.4 Å². The molecule has 0 radical (unpaired) electrons. The second-order valence-electron chi connectivity index (χ2n) is 2.11. The van der Waals surface area contributed by atoms with Crippen LogP contribution in [-0.4, -0.2) is 0 Å². The first-order chi connectivity index (χ1) is 5.66. The van der Waals surface area contributed by atoms with Gasteiger partial charge in [-0.25, -0.2) is 4.39 Å². The lowest BCUT2D eigenvalue weighted by Gasteiger charge is -2.02. The first kappa shape index (κ1) is 9.42. The largest absolute Gasteiger partial charge is 0.205 e. The van der Waals surface area contributed by atoms with E-state index in [2.05, 4.69) is 5.18 Å². The molecule has 0 aliphatic rings. The van der Waals surface area contributed by atoms with E-state index in [4.69, 9.17) is 23.2 Å². The van der Waals surface area contributed by atoms with Gasteiger partial charge in [0.05, 0.1) is 5.02 Å². The Hall–Kier alpha value is -0.670. The second kappa shape index (κ2) is 3.83. The van der Waals surface area contributed by atoms with Crippen molar-refractivity contribution in [3.05, 3.63) is 38.5 Å². The molecule has 1 rings (SSSR count). The molecule has 0 saturated carbocycles. The van der Waals surface area contributed by atoms with Crippen molar-refractivity contribution in [2.45, 2.75) is 6.54 Å². The molecule has 0 aliphatic heterocycles. The van der Waals surface area contributed by atoms with Crippen LogP contribution >= 0.6 is 23.2 Å². The summed E-state index contributed by atoms with van der Waals surface area (Å²) in [6.45, 7) is -0.213. The van der Waals surface area contributed by atoms with Gasteiger partial charge in [-0.2, -0.15) is 4.91 Å². The molecule has 0 fully saturated rings. The first-order valence-corrected chi connectivity index (χ1v) is 3.84. The summed E-state index contributed by atoms with van der Waals surface area (Å²) in [5.41, 5.74) is 0.230. The molecule has 2 nitrogen and oxygen atoms in total. The predicted molar refractivity (Wildman–Crippen MR) is 45.9 cm³/mol. The van der Waals surface area contributed by atoms with Crippen LogP contribution in [0.1, 0.15) is 5.56 Å². The van der Waals surface area contributed by atoms with E-state index in [1.165, 1.54) is 6.07 Å². The number of hydrogen-bond donors (Lipinski definition) is 0. The average molecular weight is 208 g/mol. The normalized spacial score (nSPS) is 9.92. The van der Waals surface area contributed by atoms with Gasteiger partial charge in [0.15, 0.2) is 0 Å². The maximum atomic E-state index is 12.7. The van der Waals surface area contributed by atoms with Gasteiger partial charge in [-0.05, 0) is 12.1 Å². The Morgan fingerprint density at radius 3 is 2.67 bits per heavy atom. The van der Waals surface area contributed by atoms with Crippen LogP contribution in [0, 0.1) is 10.7 Å². The van der Waals surface area contributed by atoms with Crippen LogP contribution in [0.25, 0.3) is 0 Å². The number of halogens is 3. The summed E-state index contributed by atoms with van der Waals surface area (Å²) in [4.78, 5) is 9.90. The average Bonchev–Trinajstić information content (AvgIpc) is 2.06. The fourth-order valence-corrected chi connectivity index (χ4v) is 1.27. The minimum absolute atomic E-state index is 0.137. The summed E-state index contributed by atoms with van der Waals surface area (Å²) in [7, 11) is 0. The zero-order valence-corrected chi connectivity index (χ0v) is 7.36. The lowest BCUT2D eigenvalue weighted by atomic mass is 10.2. The van der Waals surface area contributed by atoms with Gasteiger partial charge in [-0.1, -0.05) is 28.4 Å². The Balaban J connectivity index is 3.22. The molecule has 1 aromatic carbocycles. The van der Waals surface area contributed by atoms with Crippen LogP contribution in [0.4, 0.5) is 4.39 Å². The highest BCUT2D eigenvalue weighted by molar-refractivity contribution is 6.36. The molecule has 0 heterocycles. The van der Waals surface area contributed by atoms with E-state index in [-0.39, 0.29) is 22.2 Å².